The number of hydrogen-bond acceptors (Lipinski definition) is 3. The fourth-order valence-corrected chi connectivity index (χ4v) is 8.92. The van der Waals surface area contributed by atoms with Gasteiger partial charge in [-0.25, -0.2) is 0 Å². The van der Waals surface area contributed by atoms with Gasteiger partial charge in [0.1, 0.15) is 0 Å². The molecule has 380 valence electrons. The average molecular weight is 909 g/mol. The van der Waals surface area contributed by atoms with Crippen LogP contribution < -0.4 is 5.32 Å². The SMILES string of the molecule is CC/C=C\C/C=C\C/C=C\C/C=C\C/C=C\CCCCCCCCCCCCCCCCCCCCCCCCCCCC(=O)NC(CO)C(O)CCCCCCCCCCCCCC. The van der Waals surface area contributed by atoms with Crippen LogP contribution in [0.2, 0.25) is 0 Å². The summed E-state index contributed by atoms with van der Waals surface area (Å²) in [5.74, 6) is -0.0277. The van der Waals surface area contributed by atoms with E-state index in [0.29, 0.717) is 12.8 Å². The lowest BCUT2D eigenvalue weighted by Crippen LogP contribution is -2.45. The lowest BCUT2D eigenvalue weighted by molar-refractivity contribution is -0.123. The van der Waals surface area contributed by atoms with Gasteiger partial charge in [0, 0.05) is 6.42 Å². The van der Waals surface area contributed by atoms with E-state index in [1.165, 1.54) is 218 Å². The summed E-state index contributed by atoms with van der Waals surface area (Å²) in [6, 6.07) is -0.534. The number of unbranched alkanes of at least 4 members (excludes halogenated alkanes) is 36. The predicted octanol–water partition coefficient (Wildman–Crippen LogP) is 19.2. The monoisotopic (exact) mass is 908 g/mol. The predicted molar refractivity (Wildman–Crippen MR) is 290 cm³/mol. The van der Waals surface area contributed by atoms with Crippen LogP contribution in [0.4, 0.5) is 0 Å². The molecule has 0 aliphatic rings. The van der Waals surface area contributed by atoms with Crippen molar-refractivity contribution in [1.29, 1.82) is 0 Å². The summed E-state index contributed by atoms with van der Waals surface area (Å²) in [6.07, 6.45) is 79.5. The van der Waals surface area contributed by atoms with Gasteiger partial charge in [0.25, 0.3) is 0 Å². The largest absolute Gasteiger partial charge is 0.394 e. The van der Waals surface area contributed by atoms with Crippen molar-refractivity contribution >= 4 is 5.91 Å². The van der Waals surface area contributed by atoms with Crippen LogP contribution in [-0.2, 0) is 4.79 Å². The van der Waals surface area contributed by atoms with Gasteiger partial charge in [0.2, 0.25) is 5.91 Å². The molecule has 0 aromatic carbocycles. The molecule has 0 aliphatic heterocycles. The van der Waals surface area contributed by atoms with Gasteiger partial charge in [-0.15, -0.1) is 0 Å². The van der Waals surface area contributed by atoms with Crippen LogP contribution in [-0.4, -0.2) is 34.9 Å². The Morgan fingerprint density at radius 2 is 0.677 bits per heavy atom. The lowest BCUT2D eigenvalue weighted by atomic mass is 10.0. The van der Waals surface area contributed by atoms with Crippen molar-refractivity contribution in [3.8, 4) is 0 Å². The van der Waals surface area contributed by atoms with E-state index in [2.05, 4.69) is 79.9 Å². The van der Waals surface area contributed by atoms with Crippen molar-refractivity contribution in [1.82, 2.24) is 5.32 Å². The summed E-state index contributed by atoms with van der Waals surface area (Å²) in [7, 11) is 0. The Hall–Kier alpha value is -1.91. The summed E-state index contributed by atoms with van der Waals surface area (Å²) in [4.78, 5) is 12.5. The van der Waals surface area contributed by atoms with Crippen molar-refractivity contribution in [3.05, 3.63) is 60.8 Å². The molecule has 0 aromatic heterocycles. The third-order valence-electron chi connectivity index (χ3n) is 13.3. The molecule has 2 unspecified atom stereocenters. The summed E-state index contributed by atoms with van der Waals surface area (Å²) < 4.78 is 0. The van der Waals surface area contributed by atoms with Crippen molar-refractivity contribution in [2.24, 2.45) is 0 Å². The minimum Gasteiger partial charge on any atom is -0.394 e. The highest BCUT2D eigenvalue weighted by molar-refractivity contribution is 5.76. The first-order valence-corrected chi connectivity index (χ1v) is 29.0. The Bertz CT molecular complexity index is 1070. The van der Waals surface area contributed by atoms with Gasteiger partial charge in [-0.05, 0) is 57.8 Å². The first kappa shape index (κ1) is 63.1. The van der Waals surface area contributed by atoms with Crippen LogP contribution in [0.3, 0.4) is 0 Å². The molecule has 4 nitrogen and oxygen atoms in total. The fraction of sp³-hybridized carbons (Fsp3) is 0.820. The Morgan fingerprint density at radius 3 is 1.02 bits per heavy atom. The number of allylic oxidation sites excluding steroid dienone is 10. The van der Waals surface area contributed by atoms with E-state index in [1.54, 1.807) is 0 Å². The van der Waals surface area contributed by atoms with Crippen LogP contribution in [0.1, 0.15) is 303 Å². The zero-order chi connectivity index (χ0) is 47.0. The quantitative estimate of drug-likeness (QED) is 0.0421. The maximum Gasteiger partial charge on any atom is 0.220 e. The molecule has 0 bridgehead atoms. The van der Waals surface area contributed by atoms with Crippen LogP contribution in [0, 0.1) is 0 Å². The van der Waals surface area contributed by atoms with Crippen molar-refractivity contribution < 1.29 is 15.0 Å². The first-order valence-electron chi connectivity index (χ1n) is 29.0. The Kier molecular flexibility index (Phi) is 54.8. The molecule has 0 radical (unpaired) electrons. The van der Waals surface area contributed by atoms with Crippen molar-refractivity contribution in [3.63, 3.8) is 0 Å². The normalized spacial score (nSPS) is 13.2. The van der Waals surface area contributed by atoms with Crippen molar-refractivity contribution in [2.45, 2.75) is 315 Å². The minimum atomic E-state index is -0.657. The number of rotatable bonds is 53. The molecule has 0 saturated heterocycles. The molecule has 65 heavy (non-hydrogen) atoms. The molecule has 0 aromatic rings. The lowest BCUT2D eigenvalue weighted by Gasteiger charge is -2.22. The second-order valence-electron chi connectivity index (χ2n) is 19.7. The standard InChI is InChI=1S/C61H113NO3/c1-3-5-7-9-11-13-15-17-18-19-20-21-22-23-24-25-26-27-28-29-30-31-32-33-34-35-36-37-38-39-40-41-42-43-44-45-47-49-51-53-55-57-61(65)62-59(58-63)60(64)56-54-52-50-48-46-16-14-12-10-8-6-4-2/h5,7,11,13,17-18,20-21,23-24,59-60,63-64H,3-4,6,8-10,12,14-16,19,22,25-58H2,1-2H3,(H,62,65)/b7-5-,13-11-,18-17-,21-20-,24-23-. The maximum atomic E-state index is 12.5. The second kappa shape index (κ2) is 56.4. The van der Waals surface area contributed by atoms with Gasteiger partial charge in [-0.3, -0.25) is 4.79 Å². The third-order valence-corrected chi connectivity index (χ3v) is 13.3. The number of carbonyl (C=O) groups excluding carboxylic acids is 1. The third kappa shape index (κ3) is 52.9. The van der Waals surface area contributed by atoms with E-state index in [9.17, 15) is 15.0 Å². The molecule has 0 saturated carbocycles. The topological polar surface area (TPSA) is 69.6 Å². The van der Waals surface area contributed by atoms with Gasteiger partial charge in [0.15, 0.2) is 0 Å². The highest BCUT2D eigenvalue weighted by Crippen LogP contribution is 2.18. The van der Waals surface area contributed by atoms with E-state index >= 15 is 0 Å². The van der Waals surface area contributed by atoms with Crippen molar-refractivity contribution in [2.75, 3.05) is 6.61 Å². The molecule has 4 heteroatoms. The molecular weight excluding hydrogens is 795 g/mol. The van der Waals surface area contributed by atoms with Gasteiger partial charge in [0.05, 0.1) is 18.8 Å². The molecule has 2 atom stereocenters. The summed E-state index contributed by atoms with van der Waals surface area (Å²) in [5.41, 5.74) is 0. The highest BCUT2D eigenvalue weighted by atomic mass is 16.3. The summed E-state index contributed by atoms with van der Waals surface area (Å²) in [5, 5.41) is 23.2. The zero-order valence-corrected chi connectivity index (χ0v) is 43.8. The smallest absolute Gasteiger partial charge is 0.220 e. The van der Waals surface area contributed by atoms with E-state index < -0.39 is 12.1 Å². The number of amides is 1. The molecular formula is C61H113NO3. The van der Waals surface area contributed by atoms with Gasteiger partial charge < -0.3 is 15.5 Å². The summed E-state index contributed by atoms with van der Waals surface area (Å²) >= 11 is 0. The number of nitrogens with one attached hydrogen (secondary N) is 1. The molecule has 0 rings (SSSR count). The van der Waals surface area contributed by atoms with Crippen LogP contribution in [0.5, 0.6) is 0 Å². The molecule has 1 amide bonds. The number of hydrogen-bond donors (Lipinski definition) is 3. The van der Waals surface area contributed by atoms with Gasteiger partial charge in [-0.1, -0.05) is 299 Å². The average Bonchev–Trinajstić information content (AvgIpc) is 3.31. The Labute approximate surface area is 406 Å². The number of carbonyl (C=O) groups is 1. The number of aliphatic hydroxyl groups excluding tert-OH is 2. The maximum absolute atomic E-state index is 12.5. The minimum absolute atomic E-state index is 0.0277. The molecule has 0 heterocycles. The Morgan fingerprint density at radius 1 is 0.385 bits per heavy atom. The number of aliphatic hydroxyl groups is 2. The van der Waals surface area contributed by atoms with Crippen LogP contribution in [0.25, 0.3) is 0 Å². The van der Waals surface area contributed by atoms with E-state index in [1.807, 2.05) is 0 Å². The van der Waals surface area contributed by atoms with E-state index in [0.717, 1.165) is 57.8 Å². The fourth-order valence-electron chi connectivity index (χ4n) is 8.92. The van der Waals surface area contributed by atoms with E-state index in [4.69, 9.17) is 0 Å². The zero-order valence-electron chi connectivity index (χ0n) is 43.8. The first-order chi connectivity index (χ1) is 32.2. The Balaban J connectivity index is 3.37. The molecule has 0 fully saturated rings. The van der Waals surface area contributed by atoms with Crippen LogP contribution in [0.15, 0.2) is 60.8 Å². The van der Waals surface area contributed by atoms with Gasteiger partial charge in [-0.2, -0.15) is 0 Å². The second-order valence-corrected chi connectivity index (χ2v) is 19.7. The van der Waals surface area contributed by atoms with E-state index in [-0.39, 0.29) is 12.5 Å². The molecule has 3 N–H and O–H groups in total. The summed E-state index contributed by atoms with van der Waals surface area (Å²) in [6.45, 7) is 4.25. The molecule has 0 aliphatic carbocycles. The van der Waals surface area contributed by atoms with Gasteiger partial charge >= 0.3 is 0 Å². The highest BCUT2D eigenvalue weighted by Gasteiger charge is 2.20. The molecule has 0 spiro atoms. The van der Waals surface area contributed by atoms with Crippen LogP contribution >= 0.6 is 0 Å².